The zero-order chi connectivity index (χ0) is 15.6. The molecule has 4 nitrogen and oxygen atoms in total. The molecule has 0 fully saturated rings. The van der Waals surface area contributed by atoms with Crippen molar-refractivity contribution >= 4 is 21.7 Å². The Morgan fingerprint density at radius 2 is 1.75 bits per heavy atom. The topological polar surface area (TPSA) is 47.0 Å². The van der Waals surface area contributed by atoms with E-state index in [-0.39, 0.29) is 5.41 Å². The molecule has 1 N–H and O–H groups in total. The Hall–Kier alpha value is -0.680. The van der Waals surface area contributed by atoms with Gasteiger partial charge in [0.05, 0.1) is 10.2 Å². The molecule has 0 bridgehead atoms. The maximum Gasteiger partial charge on any atom is 0.162 e. The summed E-state index contributed by atoms with van der Waals surface area (Å²) in [5, 5.41) is 3.30. The van der Waals surface area contributed by atoms with E-state index in [0.717, 1.165) is 34.8 Å². The van der Waals surface area contributed by atoms with E-state index in [1.54, 1.807) is 7.11 Å². The average Bonchev–Trinajstić information content (AvgIpc) is 2.39. The second-order valence-electron chi connectivity index (χ2n) is 6.13. The fourth-order valence-electron chi connectivity index (χ4n) is 1.86. The highest BCUT2D eigenvalue weighted by atomic mass is 79.9. The number of halogens is 1. The number of hydrogen-bond acceptors (Lipinski definition) is 4. The average molecular weight is 344 g/mol. The highest BCUT2D eigenvalue weighted by Gasteiger charge is 2.31. The van der Waals surface area contributed by atoms with Crippen molar-refractivity contribution in [3.05, 3.63) is 16.0 Å². The van der Waals surface area contributed by atoms with Crippen molar-refractivity contribution in [2.45, 2.75) is 59.0 Å². The van der Waals surface area contributed by atoms with Gasteiger partial charge in [0.15, 0.2) is 5.82 Å². The third-order valence-corrected chi connectivity index (χ3v) is 4.26. The molecule has 1 heterocycles. The van der Waals surface area contributed by atoms with Crippen LogP contribution in [-0.2, 0) is 15.8 Å². The van der Waals surface area contributed by atoms with Crippen molar-refractivity contribution in [1.29, 1.82) is 0 Å². The second kappa shape index (κ2) is 6.39. The summed E-state index contributed by atoms with van der Waals surface area (Å²) in [6.45, 7) is 13.4. The maximum absolute atomic E-state index is 5.65. The van der Waals surface area contributed by atoms with Gasteiger partial charge in [-0.1, -0.05) is 27.7 Å². The number of anilines is 1. The van der Waals surface area contributed by atoms with Gasteiger partial charge in [-0.05, 0) is 36.2 Å². The fourth-order valence-corrected chi connectivity index (χ4v) is 2.77. The van der Waals surface area contributed by atoms with Gasteiger partial charge in [0, 0.05) is 19.1 Å². The Bertz CT molecular complexity index is 465. The van der Waals surface area contributed by atoms with Gasteiger partial charge in [0.1, 0.15) is 11.4 Å². The predicted molar refractivity (Wildman–Crippen MR) is 87.2 cm³/mol. The fraction of sp³-hybridized carbons (Fsp3) is 0.733. The molecule has 1 aromatic rings. The third-order valence-electron chi connectivity index (χ3n) is 3.50. The first-order valence-corrected chi connectivity index (χ1v) is 7.86. The lowest BCUT2D eigenvalue weighted by Crippen LogP contribution is -2.29. The number of nitrogens with one attached hydrogen (secondary N) is 1. The summed E-state index contributed by atoms with van der Waals surface area (Å²) < 4.78 is 6.58. The summed E-state index contributed by atoms with van der Waals surface area (Å²) in [6.07, 6.45) is 0.820. The molecule has 0 saturated heterocycles. The Kier molecular flexibility index (Phi) is 5.55. The van der Waals surface area contributed by atoms with Crippen molar-refractivity contribution < 1.29 is 4.74 Å². The van der Waals surface area contributed by atoms with Crippen molar-refractivity contribution in [1.82, 2.24) is 9.97 Å². The number of hydrogen-bond donors (Lipinski definition) is 1. The highest BCUT2D eigenvalue weighted by Crippen LogP contribution is 2.35. The van der Waals surface area contributed by atoms with Crippen LogP contribution < -0.4 is 5.32 Å². The highest BCUT2D eigenvalue weighted by molar-refractivity contribution is 9.10. The number of nitrogens with zero attached hydrogens (tertiary/aromatic N) is 2. The van der Waals surface area contributed by atoms with E-state index in [1.165, 1.54) is 0 Å². The van der Waals surface area contributed by atoms with Gasteiger partial charge in [0.25, 0.3) is 0 Å². The van der Waals surface area contributed by atoms with Gasteiger partial charge in [-0.25, -0.2) is 9.97 Å². The Balaban J connectivity index is 3.52. The standard InChI is InChI=1S/C15H26BrN3O/c1-8-15(6,20-7)13-18-11(14(3,4)5)10(16)12(19-13)17-9-2/h8-9H2,1-7H3,(H,17,18,19). The van der Waals surface area contributed by atoms with Crippen molar-refractivity contribution in [3.63, 3.8) is 0 Å². The molecule has 1 unspecified atom stereocenters. The first-order chi connectivity index (χ1) is 9.19. The minimum atomic E-state index is -0.467. The van der Waals surface area contributed by atoms with Crippen LogP contribution in [0.4, 0.5) is 5.82 Å². The third kappa shape index (κ3) is 3.50. The molecule has 0 aliphatic rings. The van der Waals surface area contributed by atoms with Gasteiger partial charge in [-0.2, -0.15) is 0 Å². The van der Waals surface area contributed by atoms with Crippen LogP contribution in [0.5, 0.6) is 0 Å². The minimum Gasteiger partial charge on any atom is -0.371 e. The molecule has 0 saturated carbocycles. The predicted octanol–water partition coefficient (Wildman–Crippen LogP) is 4.24. The maximum atomic E-state index is 5.65. The Labute approximate surface area is 130 Å². The monoisotopic (exact) mass is 343 g/mol. The first-order valence-electron chi connectivity index (χ1n) is 7.07. The van der Waals surface area contributed by atoms with E-state index in [9.17, 15) is 0 Å². The molecule has 0 aromatic carbocycles. The van der Waals surface area contributed by atoms with Crippen LogP contribution in [0.15, 0.2) is 4.47 Å². The molecular weight excluding hydrogens is 318 g/mol. The number of rotatable bonds is 5. The summed E-state index contributed by atoms with van der Waals surface area (Å²) in [5.74, 6) is 1.56. The van der Waals surface area contributed by atoms with Gasteiger partial charge >= 0.3 is 0 Å². The van der Waals surface area contributed by atoms with Crippen LogP contribution in [0.3, 0.4) is 0 Å². The smallest absolute Gasteiger partial charge is 0.162 e. The molecular formula is C15H26BrN3O. The molecule has 20 heavy (non-hydrogen) atoms. The molecule has 1 aromatic heterocycles. The molecule has 0 radical (unpaired) electrons. The molecule has 114 valence electrons. The largest absolute Gasteiger partial charge is 0.371 e. The van der Waals surface area contributed by atoms with Gasteiger partial charge in [-0.3, -0.25) is 0 Å². The van der Waals surface area contributed by atoms with Crippen molar-refractivity contribution in [2.75, 3.05) is 19.0 Å². The zero-order valence-electron chi connectivity index (χ0n) is 13.6. The SMILES string of the molecule is CCNc1nc(C(C)(CC)OC)nc(C(C)(C)C)c1Br. The summed E-state index contributed by atoms with van der Waals surface area (Å²) in [5.41, 5.74) is 0.462. The Morgan fingerprint density at radius 3 is 2.15 bits per heavy atom. The van der Waals surface area contributed by atoms with Crippen molar-refractivity contribution in [3.8, 4) is 0 Å². The van der Waals surface area contributed by atoms with E-state index in [2.05, 4.69) is 60.8 Å². The van der Waals surface area contributed by atoms with Crippen LogP contribution in [0.2, 0.25) is 0 Å². The molecule has 0 aliphatic heterocycles. The second-order valence-corrected chi connectivity index (χ2v) is 6.92. The van der Waals surface area contributed by atoms with E-state index < -0.39 is 5.60 Å². The molecule has 1 atom stereocenters. The Morgan fingerprint density at radius 1 is 1.15 bits per heavy atom. The van der Waals surface area contributed by atoms with E-state index >= 15 is 0 Å². The van der Waals surface area contributed by atoms with Crippen LogP contribution in [0.1, 0.15) is 59.5 Å². The first kappa shape index (κ1) is 17.4. The molecule has 5 heteroatoms. The molecule has 0 aliphatic carbocycles. The molecule has 0 amide bonds. The normalized spacial score (nSPS) is 15.0. The van der Waals surface area contributed by atoms with Gasteiger partial charge < -0.3 is 10.1 Å². The van der Waals surface area contributed by atoms with Crippen molar-refractivity contribution in [2.24, 2.45) is 0 Å². The molecule has 1 rings (SSSR count). The summed E-state index contributed by atoms with van der Waals surface area (Å²) in [4.78, 5) is 9.43. The zero-order valence-corrected chi connectivity index (χ0v) is 15.2. The lowest BCUT2D eigenvalue weighted by atomic mass is 9.91. The van der Waals surface area contributed by atoms with E-state index in [0.29, 0.717) is 0 Å². The van der Waals surface area contributed by atoms with E-state index in [4.69, 9.17) is 9.72 Å². The van der Waals surface area contributed by atoms with Crippen LogP contribution in [0, 0.1) is 0 Å². The van der Waals surface area contributed by atoms with Crippen LogP contribution >= 0.6 is 15.9 Å². The van der Waals surface area contributed by atoms with Gasteiger partial charge in [0.2, 0.25) is 0 Å². The quantitative estimate of drug-likeness (QED) is 0.868. The van der Waals surface area contributed by atoms with E-state index in [1.807, 2.05) is 6.92 Å². The summed E-state index contributed by atoms with van der Waals surface area (Å²) in [6, 6.07) is 0. The lowest BCUT2D eigenvalue weighted by Gasteiger charge is -2.29. The summed E-state index contributed by atoms with van der Waals surface area (Å²) >= 11 is 3.63. The number of methoxy groups -OCH3 is 1. The number of ether oxygens (including phenoxy) is 1. The van der Waals surface area contributed by atoms with Crippen LogP contribution in [0.25, 0.3) is 0 Å². The lowest BCUT2D eigenvalue weighted by molar-refractivity contribution is -0.00919. The number of aromatic nitrogens is 2. The summed E-state index contributed by atoms with van der Waals surface area (Å²) in [7, 11) is 1.71. The van der Waals surface area contributed by atoms with Gasteiger partial charge in [-0.15, -0.1) is 0 Å². The molecule has 0 spiro atoms. The minimum absolute atomic E-state index is 0.0664. The van der Waals surface area contributed by atoms with Crippen LogP contribution in [-0.4, -0.2) is 23.6 Å².